The number of aliphatic hydroxyl groups is 1. The van der Waals surface area contributed by atoms with Crippen LogP contribution in [0.25, 0.3) is 5.69 Å². The average Bonchev–Trinajstić information content (AvgIpc) is 3.29. The minimum absolute atomic E-state index is 0.0553. The summed E-state index contributed by atoms with van der Waals surface area (Å²) in [5, 5.41) is 22.4. The van der Waals surface area contributed by atoms with Crippen molar-refractivity contribution in [1.82, 2.24) is 14.8 Å². The average molecular weight is 424 g/mol. The Balaban J connectivity index is 1.55. The van der Waals surface area contributed by atoms with Gasteiger partial charge < -0.3 is 15.3 Å². The Hall–Kier alpha value is -2.93. The van der Waals surface area contributed by atoms with Crippen LogP contribution in [-0.4, -0.2) is 45.1 Å². The Labute approximate surface area is 182 Å². The van der Waals surface area contributed by atoms with Gasteiger partial charge in [0.25, 0.3) is 0 Å². The second kappa shape index (κ2) is 9.47. The second-order valence-corrected chi connectivity index (χ2v) is 8.74. The molecule has 2 N–H and O–H groups in total. The van der Waals surface area contributed by atoms with E-state index in [9.17, 15) is 9.50 Å². The molecule has 7 heteroatoms. The topological polar surface area (TPSA) is 66.2 Å². The van der Waals surface area contributed by atoms with E-state index in [0.717, 1.165) is 36.6 Å². The van der Waals surface area contributed by atoms with E-state index in [1.54, 1.807) is 12.7 Å². The maximum atomic E-state index is 13.4. The van der Waals surface area contributed by atoms with Crippen LogP contribution in [0.1, 0.15) is 26.7 Å². The Morgan fingerprint density at radius 2 is 1.84 bits per heavy atom. The van der Waals surface area contributed by atoms with Gasteiger partial charge >= 0.3 is 0 Å². The van der Waals surface area contributed by atoms with E-state index < -0.39 is 0 Å². The molecule has 0 aliphatic carbocycles. The van der Waals surface area contributed by atoms with Crippen LogP contribution >= 0.6 is 0 Å². The molecule has 0 bridgehead atoms. The van der Waals surface area contributed by atoms with Crippen molar-refractivity contribution in [3.63, 3.8) is 0 Å². The molecule has 4 rings (SSSR count). The van der Waals surface area contributed by atoms with Crippen LogP contribution in [0.4, 0.5) is 15.8 Å². The molecule has 0 unspecified atom stereocenters. The van der Waals surface area contributed by atoms with Gasteiger partial charge in [-0.05, 0) is 61.2 Å². The van der Waals surface area contributed by atoms with Crippen LogP contribution < -0.4 is 10.2 Å². The number of anilines is 2. The molecule has 2 aromatic carbocycles. The van der Waals surface area contributed by atoms with E-state index in [1.165, 1.54) is 12.1 Å². The van der Waals surface area contributed by atoms with Crippen molar-refractivity contribution in [2.24, 2.45) is 11.8 Å². The lowest BCUT2D eigenvalue weighted by atomic mass is 9.83. The standard InChI is InChI=1S/C24H30FN5O/c1-17(2)12-23(28-19-4-3-5-21(13-19)30-15-26-27-16-30)22-14-29(11-10-24(22)31)20-8-6-18(25)7-9-20/h3-9,13,15-17,22-24,28,31H,10-12,14H2,1-2H3/t22-,23+,24+/m0/s1. The van der Waals surface area contributed by atoms with Crippen molar-refractivity contribution >= 4 is 11.4 Å². The molecule has 1 aromatic heterocycles. The highest BCUT2D eigenvalue weighted by Gasteiger charge is 2.34. The van der Waals surface area contributed by atoms with E-state index >= 15 is 0 Å². The molecule has 1 fully saturated rings. The minimum Gasteiger partial charge on any atom is -0.393 e. The van der Waals surface area contributed by atoms with Gasteiger partial charge in [-0.3, -0.25) is 4.57 Å². The van der Waals surface area contributed by atoms with Crippen molar-refractivity contribution in [3.05, 3.63) is 67.0 Å². The zero-order valence-electron chi connectivity index (χ0n) is 18.0. The lowest BCUT2D eigenvalue weighted by Gasteiger charge is -2.42. The SMILES string of the molecule is CC(C)C[C@@H](Nc1cccc(-n2cnnc2)c1)[C@@H]1CN(c2ccc(F)cc2)CC[C@H]1O. The number of benzene rings is 2. The molecule has 6 nitrogen and oxygen atoms in total. The Morgan fingerprint density at radius 3 is 2.55 bits per heavy atom. The molecule has 1 aliphatic heterocycles. The predicted octanol–water partition coefficient (Wildman–Crippen LogP) is 4.12. The third-order valence-electron chi connectivity index (χ3n) is 5.97. The van der Waals surface area contributed by atoms with Gasteiger partial charge in [0.2, 0.25) is 0 Å². The van der Waals surface area contributed by atoms with Crippen molar-refractivity contribution in [2.75, 3.05) is 23.3 Å². The zero-order valence-corrected chi connectivity index (χ0v) is 18.0. The van der Waals surface area contributed by atoms with Crippen molar-refractivity contribution in [3.8, 4) is 5.69 Å². The molecule has 31 heavy (non-hydrogen) atoms. The summed E-state index contributed by atoms with van der Waals surface area (Å²) in [6.45, 7) is 5.90. The first-order valence-electron chi connectivity index (χ1n) is 10.9. The molecule has 1 aliphatic rings. The van der Waals surface area contributed by atoms with Crippen LogP contribution in [0, 0.1) is 17.7 Å². The van der Waals surface area contributed by atoms with Gasteiger partial charge in [0.05, 0.1) is 11.8 Å². The second-order valence-electron chi connectivity index (χ2n) is 8.74. The van der Waals surface area contributed by atoms with Gasteiger partial charge in [-0.2, -0.15) is 0 Å². The molecule has 0 spiro atoms. The molecule has 3 atom stereocenters. The van der Waals surface area contributed by atoms with E-state index in [-0.39, 0.29) is 23.9 Å². The normalized spacial score (nSPS) is 20.1. The molecule has 164 valence electrons. The monoisotopic (exact) mass is 423 g/mol. The summed E-state index contributed by atoms with van der Waals surface area (Å²) in [5.74, 6) is 0.302. The van der Waals surface area contributed by atoms with Gasteiger partial charge in [0.15, 0.2) is 0 Å². The Kier molecular flexibility index (Phi) is 6.51. The Bertz CT molecular complexity index is 960. The predicted molar refractivity (Wildman–Crippen MR) is 121 cm³/mol. The summed E-state index contributed by atoms with van der Waals surface area (Å²) >= 11 is 0. The first kappa shape index (κ1) is 21.3. The molecule has 0 amide bonds. The van der Waals surface area contributed by atoms with Crippen molar-refractivity contribution in [2.45, 2.75) is 38.8 Å². The van der Waals surface area contributed by atoms with Crippen LogP contribution in [0.3, 0.4) is 0 Å². The third kappa shape index (κ3) is 5.22. The maximum absolute atomic E-state index is 13.4. The number of nitrogens with one attached hydrogen (secondary N) is 1. The maximum Gasteiger partial charge on any atom is 0.123 e. The van der Waals surface area contributed by atoms with Crippen molar-refractivity contribution < 1.29 is 9.50 Å². The summed E-state index contributed by atoms with van der Waals surface area (Å²) < 4.78 is 15.2. The first-order chi connectivity index (χ1) is 15.0. The van der Waals surface area contributed by atoms with Crippen LogP contribution in [0.5, 0.6) is 0 Å². The van der Waals surface area contributed by atoms with Crippen LogP contribution in [0.2, 0.25) is 0 Å². The smallest absolute Gasteiger partial charge is 0.123 e. The zero-order chi connectivity index (χ0) is 21.8. The lowest BCUT2D eigenvalue weighted by molar-refractivity contribution is 0.0739. The third-order valence-corrected chi connectivity index (χ3v) is 5.97. The first-order valence-corrected chi connectivity index (χ1v) is 10.9. The lowest BCUT2D eigenvalue weighted by Crippen LogP contribution is -2.50. The Morgan fingerprint density at radius 1 is 1.10 bits per heavy atom. The fourth-order valence-electron chi connectivity index (χ4n) is 4.40. The molecule has 1 saturated heterocycles. The molecule has 0 saturated carbocycles. The molecule has 0 radical (unpaired) electrons. The minimum atomic E-state index is -0.381. The van der Waals surface area contributed by atoms with E-state index in [0.29, 0.717) is 12.3 Å². The number of rotatable bonds is 7. The fourth-order valence-corrected chi connectivity index (χ4v) is 4.40. The van der Waals surface area contributed by atoms with E-state index in [4.69, 9.17) is 0 Å². The number of aliphatic hydroxyl groups excluding tert-OH is 1. The largest absolute Gasteiger partial charge is 0.393 e. The van der Waals surface area contributed by atoms with Gasteiger partial charge in [0, 0.05) is 36.4 Å². The highest BCUT2D eigenvalue weighted by Crippen LogP contribution is 2.30. The summed E-state index contributed by atoms with van der Waals surface area (Å²) in [4.78, 5) is 2.25. The molecule has 3 aromatic rings. The number of piperidine rings is 1. The van der Waals surface area contributed by atoms with Gasteiger partial charge in [-0.1, -0.05) is 19.9 Å². The van der Waals surface area contributed by atoms with Gasteiger partial charge in [0.1, 0.15) is 18.5 Å². The summed E-state index contributed by atoms with van der Waals surface area (Å²) in [6.07, 6.45) is 4.61. The van der Waals surface area contributed by atoms with Crippen molar-refractivity contribution in [1.29, 1.82) is 0 Å². The highest BCUT2D eigenvalue weighted by atomic mass is 19.1. The number of hydrogen-bond donors (Lipinski definition) is 2. The quantitative estimate of drug-likeness (QED) is 0.598. The highest BCUT2D eigenvalue weighted by molar-refractivity contribution is 5.52. The number of aromatic nitrogens is 3. The van der Waals surface area contributed by atoms with E-state index in [1.807, 2.05) is 34.9 Å². The summed E-state index contributed by atoms with van der Waals surface area (Å²) in [6, 6.07) is 14.9. The summed E-state index contributed by atoms with van der Waals surface area (Å²) in [7, 11) is 0. The fraction of sp³-hybridized carbons (Fsp3) is 0.417. The van der Waals surface area contributed by atoms with E-state index in [2.05, 4.69) is 40.3 Å². The van der Waals surface area contributed by atoms with Crippen LogP contribution in [-0.2, 0) is 0 Å². The van der Waals surface area contributed by atoms with Gasteiger partial charge in [-0.15, -0.1) is 10.2 Å². The number of nitrogens with zero attached hydrogens (tertiary/aromatic N) is 4. The molecule has 2 heterocycles. The molecular formula is C24H30FN5O. The summed E-state index contributed by atoms with van der Waals surface area (Å²) in [5.41, 5.74) is 2.98. The number of hydrogen-bond acceptors (Lipinski definition) is 5. The van der Waals surface area contributed by atoms with Gasteiger partial charge in [-0.25, -0.2) is 4.39 Å². The molecular weight excluding hydrogens is 393 g/mol. The number of halogens is 1. The van der Waals surface area contributed by atoms with Crippen LogP contribution in [0.15, 0.2) is 61.2 Å².